The summed E-state index contributed by atoms with van der Waals surface area (Å²) in [5, 5.41) is 13.5. The van der Waals surface area contributed by atoms with Crippen molar-refractivity contribution in [3.05, 3.63) is 41.2 Å². The molecule has 4 heteroatoms. The van der Waals surface area contributed by atoms with Gasteiger partial charge in [-0.2, -0.15) is 5.10 Å². The van der Waals surface area contributed by atoms with Crippen molar-refractivity contribution in [3.8, 4) is 11.1 Å². The highest BCUT2D eigenvalue weighted by atomic mass is 16.4. The molecule has 1 aromatic heterocycles. The molecule has 0 atom stereocenters. The third-order valence-corrected chi connectivity index (χ3v) is 3.31. The molecule has 0 radical (unpaired) electrons. The second kappa shape index (κ2) is 5.26. The number of aryl methyl sites for hydroxylation is 2. The number of nitrogens with zero attached hydrogens (tertiary/aromatic N) is 2. The number of hydrogen-bond acceptors (Lipinski definition) is 2. The van der Waals surface area contributed by atoms with Gasteiger partial charge in [-0.1, -0.05) is 13.0 Å². The van der Waals surface area contributed by atoms with Gasteiger partial charge in [0.05, 0.1) is 11.8 Å². The van der Waals surface area contributed by atoms with E-state index in [-0.39, 0.29) is 0 Å². The van der Waals surface area contributed by atoms with Crippen molar-refractivity contribution in [2.24, 2.45) is 0 Å². The Morgan fingerprint density at radius 2 is 2.05 bits per heavy atom. The lowest BCUT2D eigenvalue weighted by molar-refractivity contribution is 0.0697. The molecule has 0 fully saturated rings. The molecule has 1 heterocycles. The zero-order valence-corrected chi connectivity index (χ0v) is 11.5. The van der Waals surface area contributed by atoms with Gasteiger partial charge in [0.15, 0.2) is 0 Å². The van der Waals surface area contributed by atoms with Crippen LogP contribution in [0, 0.1) is 13.8 Å². The van der Waals surface area contributed by atoms with Crippen LogP contribution < -0.4 is 0 Å². The zero-order valence-electron chi connectivity index (χ0n) is 11.5. The zero-order chi connectivity index (χ0) is 14.0. The number of aromatic carboxylic acids is 1. The van der Waals surface area contributed by atoms with E-state index in [1.807, 2.05) is 30.8 Å². The number of hydrogen-bond donors (Lipinski definition) is 1. The molecule has 0 saturated heterocycles. The summed E-state index contributed by atoms with van der Waals surface area (Å²) in [7, 11) is 0. The fourth-order valence-corrected chi connectivity index (χ4v) is 2.19. The largest absolute Gasteiger partial charge is 0.478 e. The Morgan fingerprint density at radius 1 is 1.32 bits per heavy atom. The van der Waals surface area contributed by atoms with Gasteiger partial charge in [-0.3, -0.25) is 4.68 Å². The van der Waals surface area contributed by atoms with Crippen LogP contribution in [0.1, 0.15) is 35.0 Å². The second-order valence-electron chi connectivity index (χ2n) is 4.70. The van der Waals surface area contributed by atoms with E-state index >= 15 is 0 Å². The van der Waals surface area contributed by atoms with Crippen molar-refractivity contribution in [3.63, 3.8) is 0 Å². The van der Waals surface area contributed by atoms with E-state index < -0.39 is 5.97 Å². The van der Waals surface area contributed by atoms with Crippen LogP contribution in [-0.4, -0.2) is 20.9 Å². The molecule has 0 amide bonds. The Morgan fingerprint density at radius 3 is 2.68 bits per heavy atom. The first kappa shape index (κ1) is 13.3. The van der Waals surface area contributed by atoms with Gasteiger partial charge >= 0.3 is 5.97 Å². The van der Waals surface area contributed by atoms with Gasteiger partial charge in [-0.05, 0) is 43.5 Å². The molecule has 0 aliphatic carbocycles. The van der Waals surface area contributed by atoms with Crippen LogP contribution in [0.3, 0.4) is 0 Å². The fraction of sp³-hybridized carbons (Fsp3) is 0.333. The Kier molecular flexibility index (Phi) is 3.69. The molecule has 0 saturated carbocycles. The molecular formula is C15H18N2O2. The number of carbonyl (C=O) groups is 1. The summed E-state index contributed by atoms with van der Waals surface area (Å²) in [6, 6.07) is 5.19. The van der Waals surface area contributed by atoms with Gasteiger partial charge < -0.3 is 5.11 Å². The van der Waals surface area contributed by atoms with Crippen LogP contribution in [0.25, 0.3) is 11.1 Å². The summed E-state index contributed by atoms with van der Waals surface area (Å²) >= 11 is 0. The van der Waals surface area contributed by atoms with E-state index in [4.69, 9.17) is 5.11 Å². The molecule has 2 aromatic rings. The third-order valence-electron chi connectivity index (χ3n) is 3.31. The molecule has 0 spiro atoms. The van der Waals surface area contributed by atoms with Crippen molar-refractivity contribution < 1.29 is 9.90 Å². The van der Waals surface area contributed by atoms with Crippen LogP contribution in [0.4, 0.5) is 0 Å². The molecule has 1 aromatic carbocycles. The highest BCUT2D eigenvalue weighted by Gasteiger charge is 2.13. The van der Waals surface area contributed by atoms with Gasteiger partial charge in [-0.15, -0.1) is 0 Å². The van der Waals surface area contributed by atoms with Gasteiger partial charge in [-0.25, -0.2) is 4.79 Å². The van der Waals surface area contributed by atoms with E-state index in [9.17, 15) is 4.79 Å². The van der Waals surface area contributed by atoms with Crippen molar-refractivity contribution >= 4 is 5.97 Å². The lowest BCUT2D eigenvalue weighted by Crippen LogP contribution is -2.01. The summed E-state index contributed by atoms with van der Waals surface area (Å²) in [5.74, 6) is -0.903. The van der Waals surface area contributed by atoms with Gasteiger partial charge in [0.1, 0.15) is 0 Å². The van der Waals surface area contributed by atoms with Gasteiger partial charge in [0, 0.05) is 17.8 Å². The quantitative estimate of drug-likeness (QED) is 0.915. The number of carboxylic acids is 1. The van der Waals surface area contributed by atoms with Crippen molar-refractivity contribution in [2.75, 3.05) is 0 Å². The SMILES string of the molecule is CCCn1ncc(-c2cc(C(=O)O)ccc2C)c1C. The van der Waals surface area contributed by atoms with Crippen LogP contribution in [0.2, 0.25) is 0 Å². The van der Waals surface area contributed by atoms with Crippen molar-refractivity contribution in [1.82, 2.24) is 9.78 Å². The third kappa shape index (κ3) is 2.52. The van der Waals surface area contributed by atoms with Crippen LogP contribution in [-0.2, 0) is 6.54 Å². The van der Waals surface area contributed by atoms with Crippen LogP contribution in [0.15, 0.2) is 24.4 Å². The minimum Gasteiger partial charge on any atom is -0.478 e. The smallest absolute Gasteiger partial charge is 0.335 e. The van der Waals surface area contributed by atoms with Crippen molar-refractivity contribution in [1.29, 1.82) is 0 Å². The lowest BCUT2D eigenvalue weighted by Gasteiger charge is -2.08. The highest BCUT2D eigenvalue weighted by Crippen LogP contribution is 2.27. The maximum Gasteiger partial charge on any atom is 0.335 e. The van der Waals surface area contributed by atoms with Gasteiger partial charge in [0.2, 0.25) is 0 Å². The lowest BCUT2D eigenvalue weighted by atomic mass is 9.99. The first-order valence-electron chi connectivity index (χ1n) is 6.41. The molecule has 100 valence electrons. The average Bonchev–Trinajstić information content (AvgIpc) is 2.72. The van der Waals surface area contributed by atoms with Crippen LogP contribution >= 0.6 is 0 Å². The number of rotatable bonds is 4. The molecule has 0 unspecified atom stereocenters. The fourth-order valence-electron chi connectivity index (χ4n) is 2.19. The number of benzene rings is 1. The molecule has 19 heavy (non-hydrogen) atoms. The highest BCUT2D eigenvalue weighted by molar-refractivity contribution is 5.90. The standard InChI is InChI=1S/C15H18N2O2/c1-4-7-17-11(3)14(9-16-17)13-8-12(15(18)19)6-5-10(13)2/h5-6,8-9H,4,7H2,1-3H3,(H,18,19). The first-order valence-corrected chi connectivity index (χ1v) is 6.41. The predicted molar refractivity (Wildman–Crippen MR) is 74.4 cm³/mol. The maximum atomic E-state index is 11.1. The normalized spacial score (nSPS) is 10.7. The van der Waals surface area contributed by atoms with Gasteiger partial charge in [0.25, 0.3) is 0 Å². The Balaban J connectivity index is 2.52. The van der Waals surface area contributed by atoms with E-state index in [0.717, 1.165) is 35.3 Å². The Bertz CT molecular complexity index is 615. The molecular weight excluding hydrogens is 240 g/mol. The number of aromatic nitrogens is 2. The maximum absolute atomic E-state index is 11.1. The predicted octanol–water partition coefficient (Wildman–Crippen LogP) is 3.28. The summed E-state index contributed by atoms with van der Waals surface area (Å²) in [6.45, 7) is 6.99. The Hall–Kier alpha value is -2.10. The molecule has 4 nitrogen and oxygen atoms in total. The molecule has 0 aliphatic rings. The minimum absolute atomic E-state index is 0.309. The molecule has 1 N–H and O–H groups in total. The summed E-state index contributed by atoms with van der Waals surface area (Å²) in [4.78, 5) is 11.1. The monoisotopic (exact) mass is 258 g/mol. The van der Waals surface area contributed by atoms with Crippen molar-refractivity contribution in [2.45, 2.75) is 33.7 Å². The summed E-state index contributed by atoms with van der Waals surface area (Å²) in [5.41, 5.74) is 4.40. The first-order chi connectivity index (χ1) is 9.04. The number of carboxylic acid groups (broad SMARTS) is 1. The molecule has 0 bridgehead atoms. The van der Waals surface area contributed by atoms with Crippen LogP contribution in [0.5, 0.6) is 0 Å². The summed E-state index contributed by atoms with van der Waals surface area (Å²) < 4.78 is 1.96. The minimum atomic E-state index is -0.903. The Labute approximate surface area is 112 Å². The van der Waals surface area contributed by atoms with E-state index in [1.54, 1.807) is 12.1 Å². The average molecular weight is 258 g/mol. The second-order valence-corrected chi connectivity index (χ2v) is 4.70. The molecule has 2 rings (SSSR count). The van der Waals surface area contributed by atoms with E-state index in [2.05, 4.69) is 12.0 Å². The summed E-state index contributed by atoms with van der Waals surface area (Å²) in [6.07, 6.45) is 2.84. The topological polar surface area (TPSA) is 55.1 Å². The van der Waals surface area contributed by atoms with E-state index in [1.165, 1.54) is 0 Å². The van der Waals surface area contributed by atoms with E-state index in [0.29, 0.717) is 5.56 Å². The molecule has 0 aliphatic heterocycles.